The maximum Gasteiger partial charge on any atom is 0.262 e. The first-order valence-corrected chi connectivity index (χ1v) is 10.1. The second-order valence-electron chi connectivity index (χ2n) is 6.55. The Hall–Kier alpha value is -1.86. The summed E-state index contributed by atoms with van der Waals surface area (Å²) >= 11 is 1.31. The molecule has 26 heavy (non-hydrogen) atoms. The lowest BCUT2D eigenvalue weighted by Crippen LogP contribution is -2.37. The van der Waals surface area contributed by atoms with Crippen molar-refractivity contribution < 1.29 is 9.53 Å². The third-order valence-electron chi connectivity index (χ3n) is 4.65. The zero-order valence-corrected chi connectivity index (χ0v) is 15.9. The zero-order valence-electron chi connectivity index (χ0n) is 15.1. The third kappa shape index (κ3) is 4.65. The van der Waals surface area contributed by atoms with E-state index in [2.05, 4.69) is 10.3 Å². The predicted octanol–water partition coefficient (Wildman–Crippen LogP) is 2.58. The molecule has 140 valence electrons. The Balaban J connectivity index is 1.74. The van der Waals surface area contributed by atoms with E-state index in [1.165, 1.54) is 31.0 Å². The number of amides is 1. The van der Waals surface area contributed by atoms with Gasteiger partial charge in [0.05, 0.1) is 29.8 Å². The number of nitrogens with one attached hydrogen (secondary N) is 1. The highest BCUT2D eigenvalue weighted by atomic mass is 32.2. The van der Waals surface area contributed by atoms with Crippen LogP contribution in [0.15, 0.2) is 34.2 Å². The summed E-state index contributed by atoms with van der Waals surface area (Å²) < 4.78 is 6.72. The first kappa shape index (κ1) is 18.9. The first-order valence-electron chi connectivity index (χ1n) is 9.09. The second kappa shape index (κ2) is 9.19. The van der Waals surface area contributed by atoms with Gasteiger partial charge in [0.15, 0.2) is 5.16 Å². The molecule has 1 N–H and O–H groups in total. The molecule has 2 aromatic rings. The fourth-order valence-electron chi connectivity index (χ4n) is 3.28. The van der Waals surface area contributed by atoms with E-state index in [1.807, 2.05) is 18.2 Å². The van der Waals surface area contributed by atoms with Crippen LogP contribution in [-0.2, 0) is 16.1 Å². The van der Waals surface area contributed by atoms with Gasteiger partial charge in [0.25, 0.3) is 5.56 Å². The highest BCUT2D eigenvalue weighted by Gasteiger charge is 2.17. The summed E-state index contributed by atoms with van der Waals surface area (Å²) in [6.07, 6.45) is 5.74. The van der Waals surface area contributed by atoms with Gasteiger partial charge >= 0.3 is 0 Å². The number of carbonyl (C=O) groups excluding carboxylic acids is 1. The highest BCUT2D eigenvalue weighted by Crippen LogP contribution is 2.20. The van der Waals surface area contributed by atoms with Gasteiger partial charge in [-0.2, -0.15) is 0 Å². The van der Waals surface area contributed by atoms with Crippen LogP contribution >= 0.6 is 11.8 Å². The van der Waals surface area contributed by atoms with Gasteiger partial charge in [-0.05, 0) is 25.0 Å². The molecule has 0 bridgehead atoms. The monoisotopic (exact) mass is 375 g/mol. The zero-order chi connectivity index (χ0) is 18.4. The molecule has 0 saturated heterocycles. The van der Waals surface area contributed by atoms with Crippen LogP contribution < -0.4 is 10.9 Å². The number of hydrogen-bond donors (Lipinski definition) is 1. The van der Waals surface area contributed by atoms with Gasteiger partial charge in [-0.15, -0.1) is 0 Å². The Morgan fingerprint density at radius 2 is 2.08 bits per heavy atom. The number of methoxy groups -OCH3 is 1. The Morgan fingerprint density at radius 3 is 2.85 bits per heavy atom. The first-order chi connectivity index (χ1) is 12.7. The summed E-state index contributed by atoms with van der Waals surface area (Å²) in [6.45, 7) is 0.835. The summed E-state index contributed by atoms with van der Waals surface area (Å²) in [5.74, 6) is 0.261. The number of benzene rings is 1. The van der Waals surface area contributed by atoms with Crippen LogP contribution in [-0.4, -0.2) is 41.0 Å². The molecular formula is C19H25N3O3S. The van der Waals surface area contributed by atoms with Gasteiger partial charge in [-0.1, -0.05) is 43.2 Å². The van der Waals surface area contributed by atoms with Crippen molar-refractivity contribution in [3.8, 4) is 0 Å². The average molecular weight is 375 g/mol. The number of para-hydroxylation sites is 1. The molecule has 1 aromatic heterocycles. The normalized spacial score (nSPS) is 15.3. The topological polar surface area (TPSA) is 73.2 Å². The third-order valence-corrected chi connectivity index (χ3v) is 5.62. The molecule has 1 saturated carbocycles. The van der Waals surface area contributed by atoms with Crippen molar-refractivity contribution in [2.45, 2.75) is 49.8 Å². The van der Waals surface area contributed by atoms with Crippen molar-refractivity contribution in [3.63, 3.8) is 0 Å². The standard InChI is InChI=1S/C19H25N3O3S/c1-25-12-11-22-18(24)15-9-5-6-10-16(15)21-19(22)26-13-17(23)20-14-7-3-2-4-8-14/h5-6,9-10,14H,2-4,7-8,11-13H2,1H3,(H,20,23). The van der Waals surface area contributed by atoms with E-state index < -0.39 is 0 Å². The van der Waals surface area contributed by atoms with Crippen LogP contribution in [0.4, 0.5) is 0 Å². The summed E-state index contributed by atoms with van der Waals surface area (Å²) in [7, 11) is 1.60. The molecule has 0 aliphatic heterocycles. The van der Waals surface area contributed by atoms with Crippen molar-refractivity contribution in [1.29, 1.82) is 0 Å². The molecule has 0 atom stereocenters. The fraction of sp³-hybridized carbons (Fsp3) is 0.526. The molecule has 1 fully saturated rings. The van der Waals surface area contributed by atoms with Crippen molar-refractivity contribution >= 4 is 28.6 Å². The van der Waals surface area contributed by atoms with E-state index in [0.717, 1.165) is 12.8 Å². The number of rotatable bonds is 7. The number of ether oxygens (including phenoxy) is 1. The molecule has 0 unspecified atom stereocenters. The lowest BCUT2D eigenvalue weighted by molar-refractivity contribution is -0.119. The van der Waals surface area contributed by atoms with Crippen molar-refractivity contribution in [3.05, 3.63) is 34.6 Å². The smallest absolute Gasteiger partial charge is 0.262 e. The fourth-order valence-corrected chi connectivity index (χ4v) is 4.12. The van der Waals surface area contributed by atoms with Crippen molar-refractivity contribution in [2.75, 3.05) is 19.5 Å². The van der Waals surface area contributed by atoms with E-state index in [9.17, 15) is 9.59 Å². The van der Waals surface area contributed by atoms with Crippen molar-refractivity contribution in [2.24, 2.45) is 0 Å². The second-order valence-corrected chi connectivity index (χ2v) is 7.49. The number of fused-ring (bicyclic) bond motifs is 1. The maximum absolute atomic E-state index is 12.8. The summed E-state index contributed by atoms with van der Waals surface area (Å²) in [5, 5.41) is 4.25. The minimum atomic E-state index is -0.0946. The lowest BCUT2D eigenvalue weighted by Gasteiger charge is -2.22. The van der Waals surface area contributed by atoms with E-state index in [4.69, 9.17) is 4.74 Å². The van der Waals surface area contributed by atoms with Crippen LogP contribution in [0.5, 0.6) is 0 Å². The number of carbonyl (C=O) groups is 1. The van der Waals surface area contributed by atoms with Crippen LogP contribution in [0, 0.1) is 0 Å². The maximum atomic E-state index is 12.8. The van der Waals surface area contributed by atoms with Gasteiger partial charge in [0.2, 0.25) is 5.91 Å². The Bertz CT molecular complexity index is 815. The molecule has 1 aliphatic rings. The summed E-state index contributed by atoms with van der Waals surface area (Å²) in [5.41, 5.74) is 0.559. The van der Waals surface area contributed by atoms with Gasteiger partial charge in [0, 0.05) is 13.2 Å². The van der Waals surface area contributed by atoms with E-state index in [0.29, 0.717) is 29.2 Å². The Kier molecular flexibility index (Phi) is 6.68. The van der Waals surface area contributed by atoms with Gasteiger partial charge in [-0.25, -0.2) is 4.98 Å². The van der Waals surface area contributed by atoms with E-state index in [1.54, 1.807) is 17.7 Å². The molecule has 1 heterocycles. The number of thioether (sulfide) groups is 1. The van der Waals surface area contributed by atoms with Gasteiger partial charge in [-0.3, -0.25) is 14.2 Å². The van der Waals surface area contributed by atoms with Crippen LogP contribution in [0.1, 0.15) is 32.1 Å². The van der Waals surface area contributed by atoms with Crippen LogP contribution in [0.25, 0.3) is 10.9 Å². The number of aromatic nitrogens is 2. The van der Waals surface area contributed by atoms with Gasteiger partial charge < -0.3 is 10.1 Å². The largest absolute Gasteiger partial charge is 0.383 e. The molecule has 7 heteroatoms. The van der Waals surface area contributed by atoms with Gasteiger partial charge in [0.1, 0.15) is 0 Å². The molecule has 6 nitrogen and oxygen atoms in total. The average Bonchev–Trinajstić information content (AvgIpc) is 2.67. The predicted molar refractivity (Wildman–Crippen MR) is 104 cm³/mol. The molecular weight excluding hydrogens is 350 g/mol. The molecule has 0 spiro atoms. The molecule has 1 amide bonds. The minimum Gasteiger partial charge on any atom is -0.383 e. The van der Waals surface area contributed by atoms with Crippen molar-refractivity contribution in [1.82, 2.24) is 14.9 Å². The lowest BCUT2D eigenvalue weighted by atomic mass is 9.95. The van der Waals surface area contributed by atoms with E-state index in [-0.39, 0.29) is 23.3 Å². The molecule has 1 aliphatic carbocycles. The molecule has 0 radical (unpaired) electrons. The Morgan fingerprint density at radius 1 is 1.31 bits per heavy atom. The molecule has 1 aromatic carbocycles. The molecule has 3 rings (SSSR count). The highest BCUT2D eigenvalue weighted by molar-refractivity contribution is 7.99. The number of hydrogen-bond acceptors (Lipinski definition) is 5. The Labute approximate surface area is 157 Å². The summed E-state index contributed by atoms with van der Waals surface area (Å²) in [4.78, 5) is 29.7. The van der Waals surface area contributed by atoms with E-state index >= 15 is 0 Å². The summed E-state index contributed by atoms with van der Waals surface area (Å²) in [6, 6.07) is 7.58. The van der Waals surface area contributed by atoms with Crippen LogP contribution in [0.3, 0.4) is 0 Å². The van der Waals surface area contributed by atoms with Crippen LogP contribution in [0.2, 0.25) is 0 Å². The SMILES string of the molecule is COCCn1c(SCC(=O)NC2CCCCC2)nc2ccccc2c1=O. The minimum absolute atomic E-state index is 0.00241. The number of nitrogens with zero attached hydrogens (tertiary/aromatic N) is 2. The quantitative estimate of drug-likeness (QED) is 0.595.